The van der Waals surface area contributed by atoms with Crippen molar-refractivity contribution in [1.29, 1.82) is 0 Å². The van der Waals surface area contributed by atoms with Crippen LogP contribution in [0.25, 0.3) is 11.0 Å². The molecular weight excluding hydrogens is 392 g/mol. The highest BCUT2D eigenvalue weighted by Crippen LogP contribution is 2.28. The molecule has 0 aliphatic heterocycles. The lowest BCUT2D eigenvalue weighted by Gasteiger charge is -2.07. The van der Waals surface area contributed by atoms with Gasteiger partial charge in [-0.1, -0.05) is 27.7 Å². The molecule has 170 valence electrons. The molecule has 4 aromatic rings. The zero-order chi connectivity index (χ0) is 23.6. The third-order valence-electron chi connectivity index (χ3n) is 4.35. The number of pyridine rings is 2. The summed E-state index contributed by atoms with van der Waals surface area (Å²) in [6.07, 6.45) is 5.46. The Morgan fingerprint density at radius 2 is 1.26 bits per heavy atom. The number of methoxy groups -OCH3 is 3. The Morgan fingerprint density at radius 1 is 0.677 bits per heavy atom. The first-order chi connectivity index (χ1) is 15.0. The highest BCUT2D eigenvalue weighted by Gasteiger charge is 2.08. The van der Waals surface area contributed by atoms with Gasteiger partial charge in [-0.3, -0.25) is 0 Å². The minimum Gasteiger partial charge on any atom is -0.493 e. The first-order valence-electron chi connectivity index (χ1n) is 10.5. The van der Waals surface area contributed by atoms with Crippen LogP contribution in [0.1, 0.15) is 44.4 Å². The molecule has 0 spiro atoms. The fourth-order valence-electron chi connectivity index (χ4n) is 2.87. The largest absolute Gasteiger partial charge is 0.493 e. The fraction of sp³-hybridized carbons (Fsp3) is 0.417. The molecule has 0 saturated carbocycles. The summed E-state index contributed by atoms with van der Waals surface area (Å²) in [6.45, 7) is 14.1. The average Bonchev–Trinajstić information content (AvgIpc) is 3.37. The topological polar surface area (TPSA) is 62.3 Å². The number of aryl methyl sites for hydroxylation is 3. The second-order valence-corrected chi connectivity index (χ2v) is 6.27. The van der Waals surface area contributed by atoms with Crippen molar-refractivity contribution in [1.82, 2.24) is 19.2 Å². The predicted molar refractivity (Wildman–Crippen MR) is 127 cm³/mol. The molecule has 0 bridgehead atoms. The van der Waals surface area contributed by atoms with Crippen molar-refractivity contribution in [2.75, 3.05) is 21.3 Å². The van der Waals surface area contributed by atoms with E-state index < -0.39 is 0 Å². The Labute approximate surface area is 185 Å². The van der Waals surface area contributed by atoms with Gasteiger partial charge in [-0.15, -0.1) is 0 Å². The third kappa shape index (κ3) is 5.90. The smallest absolute Gasteiger partial charge is 0.214 e. The van der Waals surface area contributed by atoms with E-state index in [1.54, 1.807) is 32.0 Å². The highest BCUT2D eigenvalue weighted by molar-refractivity contribution is 5.60. The maximum atomic E-state index is 5.22. The van der Waals surface area contributed by atoms with Gasteiger partial charge in [0.05, 0.1) is 51.0 Å². The van der Waals surface area contributed by atoms with Crippen LogP contribution < -0.4 is 14.2 Å². The Hall–Kier alpha value is -3.22. The van der Waals surface area contributed by atoms with Crippen molar-refractivity contribution in [3.63, 3.8) is 0 Å². The lowest BCUT2D eigenvalue weighted by Crippen LogP contribution is -1.96. The molecule has 0 aromatic carbocycles. The second-order valence-electron chi connectivity index (χ2n) is 6.27. The molecule has 0 fully saturated rings. The van der Waals surface area contributed by atoms with Crippen molar-refractivity contribution < 1.29 is 14.2 Å². The van der Waals surface area contributed by atoms with Gasteiger partial charge in [-0.25, -0.2) is 9.03 Å². The van der Waals surface area contributed by atoms with Crippen LogP contribution in [0, 0.1) is 20.8 Å². The Bertz CT molecular complexity index is 1080. The molecule has 0 radical (unpaired) electrons. The van der Waals surface area contributed by atoms with Crippen LogP contribution in [-0.4, -0.2) is 40.6 Å². The maximum absolute atomic E-state index is 5.22. The van der Waals surface area contributed by atoms with Crippen LogP contribution in [0.2, 0.25) is 0 Å². The van der Waals surface area contributed by atoms with E-state index in [0.29, 0.717) is 5.75 Å². The molecule has 0 amide bonds. The van der Waals surface area contributed by atoms with Gasteiger partial charge in [0.2, 0.25) is 5.88 Å². The summed E-state index contributed by atoms with van der Waals surface area (Å²) in [5.74, 6) is 2.19. The monoisotopic (exact) mass is 428 g/mol. The van der Waals surface area contributed by atoms with E-state index in [1.165, 1.54) is 11.1 Å². The molecule has 4 aromatic heterocycles. The molecule has 0 saturated heterocycles. The number of ether oxygens (including phenoxy) is 3. The van der Waals surface area contributed by atoms with E-state index >= 15 is 0 Å². The minimum absolute atomic E-state index is 0.683. The molecule has 31 heavy (non-hydrogen) atoms. The lowest BCUT2D eigenvalue weighted by atomic mass is 10.2. The zero-order valence-electron chi connectivity index (χ0n) is 20.5. The van der Waals surface area contributed by atoms with Gasteiger partial charge in [0.1, 0.15) is 0 Å². The van der Waals surface area contributed by atoms with Gasteiger partial charge in [0.15, 0.2) is 11.5 Å². The van der Waals surface area contributed by atoms with Crippen LogP contribution in [0.4, 0.5) is 0 Å². The first-order valence-corrected chi connectivity index (χ1v) is 10.5. The van der Waals surface area contributed by atoms with Gasteiger partial charge >= 0.3 is 0 Å². The minimum atomic E-state index is 0.683. The number of hydrogen-bond acceptors (Lipinski definition) is 5. The van der Waals surface area contributed by atoms with E-state index in [2.05, 4.69) is 23.2 Å². The molecule has 0 N–H and O–H groups in total. The van der Waals surface area contributed by atoms with Crippen LogP contribution in [-0.2, 0) is 0 Å². The summed E-state index contributed by atoms with van der Waals surface area (Å²) in [5.41, 5.74) is 5.61. The second kappa shape index (κ2) is 12.5. The van der Waals surface area contributed by atoms with Gasteiger partial charge in [-0.05, 0) is 43.5 Å². The molecular formula is C24H36N4O3. The number of fused-ring (bicyclic) bond motifs is 2. The quantitative estimate of drug-likeness (QED) is 0.421. The fourth-order valence-corrected chi connectivity index (χ4v) is 2.87. The van der Waals surface area contributed by atoms with E-state index in [1.807, 2.05) is 70.6 Å². The van der Waals surface area contributed by atoms with Gasteiger partial charge in [0, 0.05) is 12.1 Å². The summed E-state index contributed by atoms with van der Waals surface area (Å²) >= 11 is 0. The Morgan fingerprint density at radius 3 is 1.84 bits per heavy atom. The van der Waals surface area contributed by atoms with Crippen LogP contribution >= 0.6 is 0 Å². The number of nitrogens with zero attached hydrogens (tertiary/aromatic N) is 4. The maximum Gasteiger partial charge on any atom is 0.214 e. The molecule has 0 atom stereocenters. The van der Waals surface area contributed by atoms with Crippen LogP contribution in [0.15, 0.2) is 36.8 Å². The molecule has 0 unspecified atom stereocenters. The van der Waals surface area contributed by atoms with Crippen molar-refractivity contribution in [3.05, 3.63) is 53.5 Å². The van der Waals surface area contributed by atoms with Crippen molar-refractivity contribution in [2.45, 2.75) is 48.5 Å². The first kappa shape index (κ1) is 25.8. The van der Waals surface area contributed by atoms with E-state index in [9.17, 15) is 0 Å². The highest BCUT2D eigenvalue weighted by atomic mass is 16.5. The Kier molecular flexibility index (Phi) is 10.4. The summed E-state index contributed by atoms with van der Waals surface area (Å²) in [7, 11) is 4.89. The van der Waals surface area contributed by atoms with Crippen LogP contribution in [0.3, 0.4) is 0 Å². The van der Waals surface area contributed by atoms with Gasteiger partial charge < -0.3 is 14.2 Å². The van der Waals surface area contributed by atoms with Crippen molar-refractivity contribution in [3.8, 4) is 17.4 Å². The molecule has 7 heteroatoms. The third-order valence-corrected chi connectivity index (χ3v) is 4.35. The molecule has 0 aliphatic carbocycles. The van der Waals surface area contributed by atoms with E-state index in [4.69, 9.17) is 14.2 Å². The predicted octanol–water partition coefficient (Wildman–Crippen LogP) is 5.67. The van der Waals surface area contributed by atoms with Crippen LogP contribution in [0.5, 0.6) is 17.4 Å². The lowest BCUT2D eigenvalue weighted by molar-refractivity contribution is 0.353. The molecule has 0 aliphatic rings. The molecule has 4 rings (SSSR count). The Balaban J connectivity index is 0.000000268. The van der Waals surface area contributed by atoms with Gasteiger partial charge in [0.25, 0.3) is 0 Å². The number of hydrogen-bond donors (Lipinski definition) is 0. The number of aromatic nitrogens is 4. The van der Waals surface area contributed by atoms with Gasteiger partial charge in [-0.2, -0.15) is 10.2 Å². The average molecular weight is 429 g/mol. The molecule has 4 heterocycles. The van der Waals surface area contributed by atoms with Crippen molar-refractivity contribution >= 4 is 11.0 Å². The SMILES string of the molecule is CC.CC.COc1cc(C)cc2c(C)cnn12.COc1cc2c(C)cnn2cc1OC. The van der Waals surface area contributed by atoms with E-state index in [0.717, 1.165) is 28.2 Å². The number of rotatable bonds is 3. The normalized spacial score (nSPS) is 9.61. The zero-order valence-corrected chi connectivity index (χ0v) is 20.5. The van der Waals surface area contributed by atoms with Crippen molar-refractivity contribution in [2.24, 2.45) is 0 Å². The summed E-state index contributed by atoms with van der Waals surface area (Å²) in [4.78, 5) is 0. The molecule has 7 nitrogen and oxygen atoms in total. The van der Waals surface area contributed by atoms with E-state index in [-0.39, 0.29) is 0 Å². The summed E-state index contributed by atoms with van der Waals surface area (Å²) < 4.78 is 19.2. The summed E-state index contributed by atoms with van der Waals surface area (Å²) in [5, 5.41) is 8.41. The summed E-state index contributed by atoms with van der Waals surface area (Å²) in [6, 6.07) is 5.99. The standard InChI is InChI=1S/C10H12N2O2.C10H12N2O.2C2H6/c1-7-5-11-12-6-10(14-3)9(13-2)4-8(7)12;1-7-4-9-8(2)6-11-12(9)10(5-7)13-3;2*1-2/h4-6H,1-3H3;4-6H,1-3H3;2*1-2H3.